The predicted molar refractivity (Wildman–Crippen MR) is 166 cm³/mol. The van der Waals surface area contributed by atoms with E-state index in [1.54, 1.807) is 36.9 Å². The average Bonchev–Trinajstić information content (AvgIpc) is 3.64. The number of benzene rings is 2. The van der Waals surface area contributed by atoms with E-state index in [0.29, 0.717) is 33.8 Å². The summed E-state index contributed by atoms with van der Waals surface area (Å²) in [6.07, 6.45) is 8.89. The van der Waals surface area contributed by atoms with Gasteiger partial charge in [-0.2, -0.15) is 0 Å². The summed E-state index contributed by atoms with van der Waals surface area (Å²) in [5.41, 5.74) is 4.94. The maximum absolute atomic E-state index is 6.92. The fourth-order valence-corrected chi connectivity index (χ4v) is 6.03. The molecule has 2 heterocycles. The summed E-state index contributed by atoms with van der Waals surface area (Å²) in [6.45, 7) is 11.1. The van der Waals surface area contributed by atoms with Gasteiger partial charge < -0.3 is 10.6 Å². The van der Waals surface area contributed by atoms with Crippen molar-refractivity contribution in [2.75, 3.05) is 10.6 Å². The number of halogens is 3. The molecule has 5 rings (SSSR count). The van der Waals surface area contributed by atoms with Crippen LogP contribution < -0.4 is 10.6 Å². The number of rotatable bonds is 8. The van der Waals surface area contributed by atoms with Crippen molar-refractivity contribution >= 4 is 58.1 Å². The highest BCUT2D eigenvalue weighted by Crippen LogP contribution is 2.56. The molecule has 2 unspecified atom stereocenters. The fourth-order valence-electron chi connectivity index (χ4n) is 5.40. The number of aromatic nitrogens is 4. The SMILES string of the molecule is CC(C)(C)c1cc(C2CC2CC(C)(C)c2cc(Cl)c(Cl)cc2Nc2ncccn2)c(Cl)cc1Nc1ncccn1. The van der Waals surface area contributed by atoms with Crippen LogP contribution in [0.1, 0.15) is 70.1 Å². The Labute approximate surface area is 250 Å². The number of nitrogens with zero attached hydrogens (tertiary/aromatic N) is 4. The molecule has 9 heteroatoms. The van der Waals surface area contributed by atoms with Crippen molar-refractivity contribution in [1.29, 1.82) is 0 Å². The molecule has 2 N–H and O–H groups in total. The molecule has 2 atom stereocenters. The molecule has 208 valence electrons. The van der Waals surface area contributed by atoms with Gasteiger partial charge in [0.15, 0.2) is 0 Å². The van der Waals surface area contributed by atoms with Crippen LogP contribution in [0.2, 0.25) is 15.1 Å². The Morgan fingerprint density at radius 1 is 0.700 bits per heavy atom. The topological polar surface area (TPSA) is 75.6 Å². The van der Waals surface area contributed by atoms with E-state index in [9.17, 15) is 0 Å². The second-order valence-corrected chi connectivity index (χ2v) is 13.3. The molecule has 0 radical (unpaired) electrons. The first-order chi connectivity index (χ1) is 18.9. The molecule has 0 spiro atoms. The van der Waals surface area contributed by atoms with Crippen molar-refractivity contribution in [2.24, 2.45) is 5.92 Å². The monoisotopic (exact) mass is 594 g/mol. The molecular formula is C31H33Cl3N6. The van der Waals surface area contributed by atoms with Crippen molar-refractivity contribution in [3.8, 4) is 0 Å². The van der Waals surface area contributed by atoms with Crippen LogP contribution in [-0.4, -0.2) is 19.9 Å². The summed E-state index contributed by atoms with van der Waals surface area (Å²) >= 11 is 19.8. The fraction of sp³-hybridized carbons (Fsp3) is 0.355. The van der Waals surface area contributed by atoms with E-state index in [1.165, 1.54) is 11.1 Å². The van der Waals surface area contributed by atoms with Gasteiger partial charge in [0.2, 0.25) is 11.9 Å². The smallest absolute Gasteiger partial charge is 0.227 e. The molecule has 2 aromatic carbocycles. The van der Waals surface area contributed by atoms with Gasteiger partial charge in [-0.25, -0.2) is 19.9 Å². The molecular weight excluding hydrogens is 563 g/mol. The van der Waals surface area contributed by atoms with Crippen LogP contribution in [0.5, 0.6) is 0 Å². The normalized spacial score (nSPS) is 17.0. The first-order valence-corrected chi connectivity index (χ1v) is 14.5. The minimum absolute atomic E-state index is 0.0970. The van der Waals surface area contributed by atoms with Crippen molar-refractivity contribution in [2.45, 2.75) is 64.2 Å². The molecule has 0 amide bonds. The number of hydrogen-bond acceptors (Lipinski definition) is 6. The molecule has 1 fully saturated rings. The van der Waals surface area contributed by atoms with Gasteiger partial charge in [0.25, 0.3) is 0 Å². The molecule has 1 aliphatic carbocycles. The first-order valence-electron chi connectivity index (χ1n) is 13.3. The van der Waals surface area contributed by atoms with Gasteiger partial charge >= 0.3 is 0 Å². The van der Waals surface area contributed by atoms with Gasteiger partial charge in [0, 0.05) is 41.2 Å². The van der Waals surface area contributed by atoms with E-state index in [4.69, 9.17) is 34.8 Å². The van der Waals surface area contributed by atoms with Gasteiger partial charge in [0.05, 0.1) is 10.0 Å². The lowest BCUT2D eigenvalue weighted by atomic mass is 9.78. The van der Waals surface area contributed by atoms with Gasteiger partial charge in [0.1, 0.15) is 0 Å². The highest BCUT2D eigenvalue weighted by Gasteiger charge is 2.44. The molecule has 6 nitrogen and oxygen atoms in total. The Balaban J connectivity index is 1.40. The van der Waals surface area contributed by atoms with Crippen LogP contribution in [0.3, 0.4) is 0 Å². The summed E-state index contributed by atoms with van der Waals surface area (Å²) in [5, 5.41) is 8.48. The molecule has 0 saturated heterocycles. The third-order valence-corrected chi connectivity index (χ3v) is 8.50. The minimum Gasteiger partial charge on any atom is -0.324 e. The van der Waals surface area contributed by atoms with E-state index in [-0.39, 0.29) is 10.8 Å². The van der Waals surface area contributed by atoms with Crippen LogP contribution >= 0.6 is 34.8 Å². The summed E-state index contributed by atoms with van der Waals surface area (Å²) in [4.78, 5) is 17.3. The Morgan fingerprint density at radius 3 is 1.75 bits per heavy atom. The molecule has 0 aliphatic heterocycles. The van der Waals surface area contributed by atoms with Crippen molar-refractivity contribution in [1.82, 2.24) is 19.9 Å². The van der Waals surface area contributed by atoms with Gasteiger partial charge in [-0.1, -0.05) is 75.5 Å². The maximum atomic E-state index is 6.92. The van der Waals surface area contributed by atoms with E-state index in [2.05, 4.69) is 71.3 Å². The lowest BCUT2D eigenvalue weighted by molar-refractivity contribution is 0.444. The van der Waals surface area contributed by atoms with Crippen molar-refractivity contribution in [3.05, 3.63) is 92.9 Å². The largest absolute Gasteiger partial charge is 0.324 e. The maximum Gasteiger partial charge on any atom is 0.227 e. The quantitative estimate of drug-likeness (QED) is 0.211. The highest BCUT2D eigenvalue weighted by molar-refractivity contribution is 6.42. The van der Waals surface area contributed by atoms with E-state index in [1.807, 2.05) is 18.2 Å². The van der Waals surface area contributed by atoms with Crippen LogP contribution in [0, 0.1) is 5.92 Å². The molecule has 40 heavy (non-hydrogen) atoms. The zero-order valence-electron chi connectivity index (χ0n) is 23.3. The lowest BCUT2D eigenvalue weighted by Gasteiger charge is -2.29. The van der Waals surface area contributed by atoms with E-state index in [0.717, 1.165) is 34.8 Å². The van der Waals surface area contributed by atoms with Crippen LogP contribution in [0.15, 0.2) is 61.2 Å². The lowest BCUT2D eigenvalue weighted by Crippen LogP contribution is -2.20. The second-order valence-electron chi connectivity index (χ2n) is 12.1. The Hall–Kier alpha value is -2.93. The van der Waals surface area contributed by atoms with Crippen LogP contribution in [-0.2, 0) is 10.8 Å². The summed E-state index contributed by atoms with van der Waals surface area (Å²) < 4.78 is 0. The molecule has 0 bridgehead atoms. The van der Waals surface area contributed by atoms with E-state index < -0.39 is 0 Å². The van der Waals surface area contributed by atoms with Crippen molar-refractivity contribution < 1.29 is 0 Å². The number of anilines is 4. The summed E-state index contributed by atoms with van der Waals surface area (Å²) in [6, 6.07) is 11.7. The molecule has 2 aromatic heterocycles. The number of nitrogens with one attached hydrogen (secondary N) is 2. The Morgan fingerprint density at radius 2 is 1.20 bits per heavy atom. The zero-order valence-corrected chi connectivity index (χ0v) is 25.5. The van der Waals surface area contributed by atoms with Crippen LogP contribution in [0.4, 0.5) is 23.3 Å². The van der Waals surface area contributed by atoms with Crippen LogP contribution in [0.25, 0.3) is 0 Å². The van der Waals surface area contributed by atoms with Crippen molar-refractivity contribution in [3.63, 3.8) is 0 Å². The van der Waals surface area contributed by atoms with E-state index >= 15 is 0 Å². The second kappa shape index (κ2) is 11.2. The number of hydrogen-bond donors (Lipinski definition) is 2. The van der Waals surface area contributed by atoms with Gasteiger partial charge in [-0.05, 0) is 82.5 Å². The zero-order chi connectivity index (χ0) is 28.7. The summed E-state index contributed by atoms with van der Waals surface area (Å²) in [5.74, 6) is 1.92. The highest BCUT2D eigenvalue weighted by atomic mass is 35.5. The minimum atomic E-state index is -0.198. The molecule has 4 aromatic rings. The Bertz CT molecular complexity index is 1500. The molecule has 1 saturated carbocycles. The summed E-state index contributed by atoms with van der Waals surface area (Å²) in [7, 11) is 0. The van der Waals surface area contributed by atoms with Gasteiger partial charge in [-0.15, -0.1) is 0 Å². The predicted octanol–water partition coefficient (Wildman–Crippen LogP) is 9.48. The standard InChI is InChI=1S/C31H33Cl3N6/c1-30(2,3)21-13-20(23(32)15-26(21)39-28-35-8-6-9-36-28)19-12-18(19)17-31(4,5)22-14-24(33)25(34)16-27(22)40-29-37-10-7-11-38-29/h6-11,13-16,18-19H,12,17H2,1-5H3,(H,35,36,39)(H,37,38,40). The third-order valence-electron chi connectivity index (χ3n) is 7.45. The molecule has 1 aliphatic rings. The third kappa shape index (κ3) is 6.35. The van der Waals surface area contributed by atoms with Gasteiger partial charge in [-0.3, -0.25) is 0 Å². The average molecular weight is 596 g/mol. The Kier molecular flexibility index (Phi) is 7.97. The first kappa shape index (κ1) is 28.6.